The standard InChI is InChI=1S/C13H12F4N2O4/c14-8-3-1-2-7(4-8)11(21)18-6-10(20)19-9(12(22)23)5-13(15,16)17/h1-4,9H,5-6H2,(H,18,21)(H,19,20)(H,22,23). The van der Waals surface area contributed by atoms with Gasteiger partial charge in [-0.05, 0) is 18.2 Å². The zero-order valence-corrected chi connectivity index (χ0v) is 11.5. The number of carbonyl (C=O) groups excluding carboxylic acids is 2. The largest absolute Gasteiger partial charge is 0.480 e. The van der Waals surface area contributed by atoms with E-state index in [1.165, 1.54) is 12.1 Å². The Kier molecular flexibility index (Phi) is 6.05. The van der Waals surface area contributed by atoms with E-state index in [0.717, 1.165) is 12.1 Å². The summed E-state index contributed by atoms with van der Waals surface area (Å²) in [4.78, 5) is 33.7. The fourth-order valence-corrected chi connectivity index (χ4v) is 1.57. The van der Waals surface area contributed by atoms with Crippen LogP contribution in [0.25, 0.3) is 0 Å². The molecule has 10 heteroatoms. The molecule has 0 aliphatic heterocycles. The number of amides is 2. The van der Waals surface area contributed by atoms with Gasteiger partial charge in [0.2, 0.25) is 5.91 Å². The summed E-state index contributed by atoms with van der Waals surface area (Å²) in [5, 5.41) is 12.3. The van der Waals surface area contributed by atoms with Crippen molar-refractivity contribution in [2.45, 2.75) is 18.6 Å². The van der Waals surface area contributed by atoms with E-state index in [9.17, 15) is 31.9 Å². The van der Waals surface area contributed by atoms with E-state index in [1.54, 1.807) is 5.32 Å². The maximum atomic E-state index is 12.9. The van der Waals surface area contributed by atoms with E-state index in [-0.39, 0.29) is 5.56 Å². The van der Waals surface area contributed by atoms with Gasteiger partial charge in [0.1, 0.15) is 11.9 Å². The van der Waals surface area contributed by atoms with Gasteiger partial charge in [-0.25, -0.2) is 9.18 Å². The fraction of sp³-hybridized carbons (Fsp3) is 0.308. The number of halogens is 4. The first-order valence-electron chi connectivity index (χ1n) is 6.21. The molecule has 6 nitrogen and oxygen atoms in total. The minimum absolute atomic E-state index is 0.0946. The normalized spacial score (nSPS) is 12.3. The van der Waals surface area contributed by atoms with E-state index in [0.29, 0.717) is 0 Å². The first-order valence-corrected chi connectivity index (χ1v) is 6.21. The summed E-state index contributed by atoms with van der Waals surface area (Å²) < 4.78 is 49.4. The first kappa shape index (κ1) is 18.4. The van der Waals surface area contributed by atoms with E-state index >= 15 is 0 Å². The van der Waals surface area contributed by atoms with Gasteiger partial charge in [-0.1, -0.05) is 6.07 Å². The molecule has 3 N–H and O–H groups in total. The van der Waals surface area contributed by atoms with Crippen LogP contribution in [0.15, 0.2) is 24.3 Å². The Balaban J connectivity index is 2.55. The zero-order valence-electron chi connectivity index (χ0n) is 11.5. The van der Waals surface area contributed by atoms with Gasteiger partial charge in [0.25, 0.3) is 5.91 Å². The Morgan fingerprint density at radius 2 is 1.87 bits per heavy atom. The summed E-state index contributed by atoms with van der Waals surface area (Å²) in [5.74, 6) is -4.49. The van der Waals surface area contributed by atoms with Gasteiger partial charge < -0.3 is 15.7 Å². The van der Waals surface area contributed by atoms with Gasteiger partial charge in [-0.15, -0.1) is 0 Å². The van der Waals surface area contributed by atoms with Crippen molar-refractivity contribution in [3.05, 3.63) is 35.6 Å². The van der Waals surface area contributed by atoms with Crippen LogP contribution in [0, 0.1) is 5.82 Å². The number of alkyl halides is 3. The lowest BCUT2D eigenvalue weighted by atomic mass is 10.2. The maximum Gasteiger partial charge on any atom is 0.391 e. The summed E-state index contributed by atoms with van der Waals surface area (Å²) in [5.41, 5.74) is -0.0946. The molecule has 2 amide bonds. The Hall–Kier alpha value is -2.65. The molecule has 0 spiro atoms. The molecule has 1 unspecified atom stereocenters. The van der Waals surface area contributed by atoms with Crippen LogP contribution in [0.5, 0.6) is 0 Å². The van der Waals surface area contributed by atoms with Crippen LogP contribution >= 0.6 is 0 Å². The van der Waals surface area contributed by atoms with E-state index in [4.69, 9.17) is 5.11 Å². The van der Waals surface area contributed by atoms with Crippen molar-refractivity contribution in [2.75, 3.05) is 6.54 Å². The average Bonchev–Trinajstić information content (AvgIpc) is 2.42. The molecule has 1 aromatic rings. The molecule has 0 bridgehead atoms. The Labute approximate surface area is 127 Å². The van der Waals surface area contributed by atoms with Gasteiger partial charge >= 0.3 is 12.1 Å². The number of hydrogen-bond donors (Lipinski definition) is 3. The van der Waals surface area contributed by atoms with Crippen LogP contribution in [0.3, 0.4) is 0 Å². The second-order valence-corrected chi connectivity index (χ2v) is 4.47. The van der Waals surface area contributed by atoms with Crippen molar-refractivity contribution < 1.29 is 37.1 Å². The van der Waals surface area contributed by atoms with Gasteiger partial charge in [-0.3, -0.25) is 9.59 Å². The SMILES string of the molecule is O=C(CNC(=O)c1cccc(F)c1)NC(CC(F)(F)F)C(=O)O. The highest BCUT2D eigenvalue weighted by atomic mass is 19.4. The quantitative estimate of drug-likeness (QED) is 0.678. The highest BCUT2D eigenvalue weighted by molar-refractivity contribution is 5.96. The van der Waals surface area contributed by atoms with Gasteiger partial charge in [-0.2, -0.15) is 13.2 Å². The molecule has 1 aromatic carbocycles. The highest BCUT2D eigenvalue weighted by Crippen LogP contribution is 2.21. The number of rotatable bonds is 6. The molecule has 0 aliphatic carbocycles. The number of carboxylic acids is 1. The van der Waals surface area contributed by atoms with Crippen LogP contribution in [0.1, 0.15) is 16.8 Å². The smallest absolute Gasteiger partial charge is 0.391 e. The van der Waals surface area contributed by atoms with Crippen LogP contribution in [-0.4, -0.2) is 41.7 Å². The summed E-state index contributed by atoms with van der Waals surface area (Å²) in [6.07, 6.45) is -6.52. The van der Waals surface area contributed by atoms with Gasteiger partial charge in [0.05, 0.1) is 13.0 Å². The highest BCUT2D eigenvalue weighted by Gasteiger charge is 2.36. The molecule has 0 saturated heterocycles. The molecule has 0 heterocycles. The third-order valence-corrected chi connectivity index (χ3v) is 2.57. The van der Waals surface area contributed by atoms with Gasteiger partial charge in [0, 0.05) is 5.56 Å². The van der Waals surface area contributed by atoms with Crippen molar-refractivity contribution in [2.24, 2.45) is 0 Å². The predicted octanol–water partition coefficient (Wildman–Crippen LogP) is 1.08. The number of carboxylic acid groups (broad SMARTS) is 1. The third-order valence-electron chi connectivity index (χ3n) is 2.57. The minimum atomic E-state index is -4.78. The van der Waals surface area contributed by atoms with Gasteiger partial charge in [0.15, 0.2) is 0 Å². The fourth-order valence-electron chi connectivity index (χ4n) is 1.57. The zero-order chi connectivity index (χ0) is 17.6. The van der Waals surface area contributed by atoms with Crippen LogP contribution in [0.4, 0.5) is 17.6 Å². The van der Waals surface area contributed by atoms with Crippen molar-refractivity contribution in [3.63, 3.8) is 0 Å². The summed E-state index contributed by atoms with van der Waals surface area (Å²) >= 11 is 0. The Morgan fingerprint density at radius 3 is 2.39 bits per heavy atom. The molecular weight excluding hydrogens is 324 g/mol. The number of nitrogens with one attached hydrogen (secondary N) is 2. The lowest BCUT2D eigenvalue weighted by molar-refractivity contribution is -0.159. The molecule has 0 radical (unpaired) electrons. The number of benzene rings is 1. The van der Waals surface area contributed by atoms with Crippen LogP contribution in [0.2, 0.25) is 0 Å². The number of hydrogen-bond acceptors (Lipinski definition) is 3. The summed E-state index contributed by atoms with van der Waals surface area (Å²) in [7, 11) is 0. The molecule has 0 aliphatic rings. The second-order valence-electron chi connectivity index (χ2n) is 4.47. The number of carbonyl (C=O) groups is 3. The van der Waals surface area contributed by atoms with Crippen molar-refractivity contribution >= 4 is 17.8 Å². The Morgan fingerprint density at radius 1 is 1.22 bits per heavy atom. The summed E-state index contributed by atoms with van der Waals surface area (Å²) in [6.45, 7) is -0.753. The molecule has 126 valence electrons. The van der Waals surface area contributed by atoms with Crippen LogP contribution in [-0.2, 0) is 9.59 Å². The molecule has 1 atom stereocenters. The molecule has 1 rings (SSSR count). The monoisotopic (exact) mass is 336 g/mol. The topological polar surface area (TPSA) is 95.5 Å². The van der Waals surface area contributed by atoms with Crippen molar-refractivity contribution in [1.29, 1.82) is 0 Å². The minimum Gasteiger partial charge on any atom is -0.480 e. The van der Waals surface area contributed by atoms with E-state index in [2.05, 4.69) is 0 Å². The molecule has 0 aromatic heterocycles. The van der Waals surface area contributed by atoms with E-state index < -0.39 is 48.8 Å². The first-order chi connectivity index (χ1) is 10.6. The second kappa shape index (κ2) is 7.56. The van der Waals surface area contributed by atoms with Crippen molar-refractivity contribution in [3.8, 4) is 0 Å². The Bertz CT molecular complexity index is 604. The molecule has 0 saturated carbocycles. The van der Waals surface area contributed by atoms with Crippen molar-refractivity contribution in [1.82, 2.24) is 10.6 Å². The molecular formula is C13H12F4N2O4. The molecule has 23 heavy (non-hydrogen) atoms. The summed E-state index contributed by atoms with van der Waals surface area (Å²) in [6, 6.07) is 2.36. The van der Waals surface area contributed by atoms with E-state index in [1.807, 2.05) is 5.32 Å². The third kappa shape index (κ3) is 6.76. The number of aliphatic carboxylic acids is 1. The lowest BCUT2D eigenvalue weighted by Crippen LogP contribution is -2.47. The lowest BCUT2D eigenvalue weighted by Gasteiger charge is -2.16. The predicted molar refractivity (Wildman–Crippen MR) is 69.0 cm³/mol. The average molecular weight is 336 g/mol. The molecule has 0 fully saturated rings. The van der Waals surface area contributed by atoms with Crippen LogP contribution < -0.4 is 10.6 Å². The maximum absolute atomic E-state index is 12.9.